The van der Waals surface area contributed by atoms with E-state index in [1.54, 1.807) is 32.9 Å². The van der Waals surface area contributed by atoms with Gasteiger partial charge in [-0.15, -0.1) is 0 Å². The van der Waals surface area contributed by atoms with Crippen molar-refractivity contribution in [2.45, 2.75) is 84.5 Å². The quantitative estimate of drug-likeness (QED) is 0.546. The van der Waals surface area contributed by atoms with Crippen LogP contribution in [0, 0.1) is 0 Å². The molecule has 0 aliphatic rings. The number of carbonyl (C=O) groups is 4. The average molecular weight is 463 g/mol. The highest BCUT2D eigenvalue weighted by Gasteiger charge is 2.35. The third-order valence-electron chi connectivity index (χ3n) is 4.58. The maximum Gasteiger partial charge on any atom is 0.408 e. The van der Waals surface area contributed by atoms with Crippen molar-refractivity contribution < 1.29 is 23.9 Å². The van der Waals surface area contributed by atoms with E-state index in [9.17, 15) is 19.2 Å². The largest absolute Gasteiger partial charge is 0.444 e. The number of nitrogens with one attached hydrogen (secondary N) is 2. The molecule has 0 heterocycles. The van der Waals surface area contributed by atoms with E-state index < -0.39 is 53.5 Å². The van der Waals surface area contributed by atoms with Crippen molar-refractivity contribution in [3.63, 3.8) is 0 Å². The van der Waals surface area contributed by atoms with Crippen molar-refractivity contribution in [2.24, 2.45) is 5.73 Å². The average Bonchev–Trinajstić information content (AvgIpc) is 2.64. The number of hydrogen-bond acceptors (Lipinski definition) is 5. The Morgan fingerprint density at radius 3 is 2.00 bits per heavy atom. The second kappa shape index (κ2) is 11.2. The Morgan fingerprint density at radius 1 is 1.03 bits per heavy atom. The smallest absolute Gasteiger partial charge is 0.408 e. The number of nitrogens with two attached hydrogens (primary N) is 1. The van der Waals surface area contributed by atoms with Crippen molar-refractivity contribution in [3.8, 4) is 0 Å². The molecule has 9 heteroatoms. The number of likely N-dealkylation sites (N-methyl/N-ethyl adjacent to an activating group) is 1. The molecule has 0 aliphatic heterocycles. The van der Waals surface area contributed by atoms with E-state index >= 15 is 0 Å². The fourth-order valence-corrected chi connectivity index (χ4v) is 3.15. The number of ether oxygens (including phenoxy) is 1. The number of aryl methyl sites for hydroxylation is 1. The van der Waals surface area contributed by atoms with Gasteiger partial charge in [-0.25, -0.2) is 4.79 Å². The minimum atomic E-state index is -1.29. The number of rotatable bonds is 8. The van der Waals surface area contributed by atoms with Crippen LogP contribution in [-0.2, 0) is 25.5 Å². The van der Waals surface area contributed by atoms with Gasteiger partial charge in [-0.2, -0.15) is 0 Å². The minimum Gasteiger partial charge on any atom is -0.444 e. The first-order chi connectivity index (χ1) is 15.0. The van der Waals surface area contributed by atoms with Crippen molar-refractivity contribution in [1.29, 1.82) is 0 Å². The lowest BCUT2D eigenvalue weighted by Crippen LogP contribution is -2.54. The Balaban J connectivity index is 3.30. The van der Waals surface area contributed by atoms with E-state index in [-0.39, 0.29) is 0 Å². The fraction of sp³-hybridized carbons (Fsp3) is 0.583. The van der Waals surface area contributed by atoms with E-state index in [2.05, 4.69) is 10.6 Å². The normalized spacial score (nSPS) is 13.5. The Hall–Kier alpha value is -3.10. The molecule has 0 bridgehead atoms. The minimum absolute atomic E-state index is 0.391. The summed E-state index contributed by atoms with van der Waals surface area (Å²) in [6.07, 6.45) is -0.474. The summed E-state index contributed by atoms with van der Waals surface area (Å²) >= 11 is 0. The molecule has 0 spiro atoms. The highest BCUT2D eigenvalue weighted by Crippen LogP contribution is 2.23. The molecule has 1 aromatic carbocycles. The molecule has 4 amide bonds. The molecule has 1 aromatic rings. The molecule has 2 atom stereocenters. The number of hydrogen-bond donors (Lipinski definition) is 3. The highest BCUT2D eigenvalue weighted by molar-refractivity contribution is 5.94. The van der Waals surface area contributed by atoms with Crippen LogP contribution >= 0.6 is 0 Å². The first-order valence-corrected chi connectivity index (χ1v) is 11.0. The van der Waals surface area contributed by atoms with Crippen molar-refractivity contribution >= 4 is 23.8 Å². The summed E-state index contributed by atoms with van der Waals surface area (Å²) < 4.78 is 5.21. The summed E-state index contributed by atoms with van der Waals surface area (Å²) in [6, 6.07) is 5.09. The van der Waals surface area contributed by atoms with Crippen LogP contribution in [0.15, 0.2) is 24.3 Å². The number of carbonyl (C=O) groups excluding carboxylic acids is 4. The molecule has 0 saturated carbocycles. The second-order valence-corrected chi connectivity index (χ2v) is 10.1. The molecule has 0 saturated heterocycles. The van der Waals surface area contributed by atoms with Gasteiger partial charge in [-0.3, -0.25) is 14.4 Å². The molecule has 4 N–H and O–H groups in total. The summed E-state index contributed by atoms with van der Waals surface area (Å²) in [4.78, 5) is 51.7. The van der Waals surface area contributed by atoms with Gasteiger partial charge in [0.25, 0.3) is 0 Å². The van der Waals surface area contributed by atoms with Gasteiger partial charge in [-0.05, 0) is 59.1 Å². The lowest BCUT2D eigenvalue weighted by atomic mass is 9.99. The van der Waals surface area contributed by atoms with Gasteiger partial charge < -0.3 is 26.0 Å². The summed E-state index contributed by atoms with van der Waals surface area (Å²) in [7, 11) is 1.45. The predicted octanol–water partition coefficient (Wildman–Crippen LogP) is 2.43. The van der Waals surface area contributed by atoms with E-state index in [0.29, 0.717) is 5.56 Å². The molecule has 33 heavy (non-hydrogen) atoms. The molecule has 0 aliphatic carbocycles. The molecule has 0 fully saturated rings. The lowest BCUT2D eigenvalue weighted by Gasteiger charge is -2.33. The molecule has 1 rings (SSSR count). The lowest BCUT2D eigenvalue weighted by molar-refractivity contribution is -0.142. The van der Waals surface area contributed by atoms with Crippen LogP contribution in [0.2, 0.25) is 0 Å². The molecule has 0 aromatic heterocycles. The zero-order valence-corrected chi connectivity index (χ0v) is 20.9. The summed E-state index contributed by atoms with van der Waals surface area (Å²) in [5, 5.41) is 5.31. The number of primary amides is 1. The standard InChI is InChI=1S/C24H38N4O5/c1-9-15-10-12-16(13-11-15)19(20(30)27-23(2,3)4)28(8)21(31)17(14-18(25)29)26-22(32)33-24(5,6)7/h10-13,17,19H,9,14H2,1-8H3,(H2,25,29)(H,26,32)(H,27,30). The monoisotopic (exact) mass is 462 g/mol. The summed E-state index contributed by atoms with van der Waals surface area (Å²) in [5.41, 5.74) is 5.66. The van der Waals surface area contributed by atoms with E-state index in [1.165, 1.54) is 11.9 Å². The Morgan fingerprint density at radius 2 is 1.58 bits per heavy atom. The molecule has 2 unspecified atom stereocenters. The van der Waals surface area contributed by atoms with Gasteiger partial charge in [0.1, 0.15) is 17.7 Å². The van der Waals surface area contributed by atoms with Crippen LogP contribution in [0.25, 0.3) is 0 Å². The molecular formula is C24H38N4O5. The maximum absolute atomic E-state index is 13.4. The van der Waals surface area contributed by atoms with E-state index in [1.807, 2.05) is 39.8 Å². The van der Waals surface area contributed by atoms with E-state index in [4.69, 9.17) is 10.5 Å². The van der Waals surface area contributed by atoms with Crippen LogP contribution < -0.4 is 16.4 Å². The van der Waals surface area contributed by atoms with Gasteiger partial charge in [0, 0.05) is 12.6 Å². The molecule has 9 nitrogen and oxygen atoms in total. The topological polar surface area (TPSA) is 131 Å². The van der Waals surface area contributed by atoms with Crippen molar-refractivity contribution in [3.05, 3.63) is 35.4 Å². The Bertz CT molecular complexity index is 853. The van der Waals surface area contributed by atoms with Gasteiger partial charge in [-0.1, -0.05) is 31.2 Å². The Kier molecular flexibility index (Phi) is 9.45. The van der Waals surface area contributed by atoms with Crippen molar-refractivity contribution in [1.82, 2.24) is 15.5 Å². The number of alkyl carbamates (subject to hydrolysis) is 1. The molecule has 0 radical (unpaired) electrons. The SMILES string of the molecule is CCc1ccc(C(C(=O)NC(C)(C)C)N(C)C(=O)C(CC(N)=O)NC(=O)OC(C)(C)C)cc1. The van der Waals surface area contributed by atoms with Crippen LogP contribution in [-0.4, -0.2) is 52.9 Å². The van der Waals surface area contributed by atoms with Gasteiger partial charge >= 0.3 is 6.09 Å². The first kappa shape index (κ1) is 27.9. The van der Waals surface area contributed by atoms with Crippen LogP contribution in [0.5, 0.6) is 0 Å². The third kappa shape index (κ3) is 9.51. The van der Waals surface area contributed by atoms with Gasteiger partial charge in [0.2, 0.25) is 17.7 Å². The molecule has 184 valence electrons. The summed E-state index contributed by atoms with van der Waals surface area (Å²) in [5.74, 6) is -1.81. The predicted molar refractivity (Wildman–Crippen MR) is 126 cm³/mol. The van der Waals surface area contributed by atoms with Gasteiger partial charge in [0.05, 0.1) is 6.42 Å². The van der Waals surface area contributed by atoms with E-state index in [0.717, 1.165) is 12.0 Å². The highest BCUT2D eigenvalue weighted by atomic mass is 16.6. The molecular weight excluding hydrogens is 424 g/mol. The number of benzene rings is 1. The number of nitrogens with zero attached hydrogens (tertiary/aromatic N) is 1. The zero-order chi connectivity index (χ0) is 25.6. The van der Waals surface area contributed by atoms with Crippen LogP contribution in [0.3, 0.4) is 0 Å². The maximum atomic E-state index is 13.4. The van der Waals surface area contributed by atoms with Crippen molar-refractivity contribution in [2.75, 3.05) is 7.05 Å². The fourth-order valence-electron chi connectivity index (χ4n) is 3.15. The van der Waals surface area contributed by atoms with Crippen LogP contribution in [0.4, 0.5) is 4.79 Å². The van der Waals surface area contributed by atoms with Gasteiger partial charge in [0.15, 0.2) is 0 Å². The zero-order valence-electron chi connectivity index (χ0n) is 20.9. The third-order valence-corrected chi connectivity index (χ3v) is 4.58. The summed E-state index contributed by atoms with van der Waals surface area (Å²) in [6.45, 7) is 12.6. The first-order valence-electron chi connectivity index (χ1n) is 11.0. The van der Waals surface area contributed by atoms with Crippen LogP contribution in [0.1, 0.15) is 72.1 Å². The Labute approximate surface area is 196 Å². The number of amides is 4. The second-order valence-electron chi connectivity index (χ2n) is 10.1.